The van der Waals surface area contributed by atoms with Crippen LogP contribution in [-0.4, -0.2) is 6.54 Å². The van der Waals surface area contributed by atoms with Crippen LogP contribution in [0.2, 0.25) is 0 Å². The summed E-state index contributed by atoms with van der Waals surface area (Å²) in [5.41, 5.74) is 8.42. The summed E-state index contributed by atoms with van der Waals surface area (Å²) >= 11 is 3.59. The molecule has 84 valence electrons. The maximum Gasteiger partial charge on any atom is 0.0207 e. The summed E-state index contributed by atoms with van der Waals surface area (Å²) in [6.45, 7) is 5.23. The van der Waals surface area contributed by atoms with Crippen LogP contribution in [0.15, 0.2) is 22.7 Å². The quantitative estimate of drug-likeness (QED) is 0.860. The fraction of sp³-hybridized carbons (Fsp3) is 0.538. The number of halogens is 1. The van der Waals surface area contributed by atoms with Crippen LogP contribution < -0.4 is 5.73 Å². The van der Waals surface area contributed by atoms with E-state index < -0.39 is 0 Å². The Balaban J connectivity index is 2.86. The molecule has 1 atom stereocenters. The second kappa shape index (κ2) is 6.29. The van der Waals surface area contributed by atoms with Crippen molar-refractivity contribution in [3.05, 3.63) is 33.8 Å². The van der Waals surface area contributed by atoms with Gasteiger partial charge in [-0.05, 0) is 55.8 Å². The first-order valence-electron chi connectivity index (χ1n) is 5.65. The van der Waals surface area contributed by atoms with Gasteiger partial charge in [0.25, 0.3) is 0 Å². The zero-order valence-electron chi connectivity index (χ0n) is 9.59. The Bertz CT molecular complexity index is 309. The molecule has 1 nitrogen and oxygen atoms in total. The molecule has 0 fully saturated rings. The second-order valence-electron chi connectivity index (χ2n) is 3.99. The van der Waals surface area contributed by atoms with E-state index in [0.717, 1.165) is 13.0 Å². The smallest absolute Gasteiger partial charge is 0.0207 e. The Kier molecular flexibility index (Phi) is 5.34. The topological polar surface area (TPSA) is 26.0 Å². The van der Waals surface area contributed by atoms with Crippen molar-refractivity contribution in [1.82, 2.24) is 0 Å². The molecule has 1 aromatic carbocycles. The maximum absolute atomic E-state index is 5.57. The summed E-state index contributed by atoms with van der Waals surface area (Å²) in [6.07, 6.45) is 3.51. The van der Waals surface area contributed by atoms with E-state index in [4.69, 9.17) is 5.73 Å². The molecule has 0 saturated carbocycles. The van der Waals surface area contributed by atoms with Gasteiger partial charge in [0.05, 0.1) is 0 Å². The second-order valence-corrected chi connectivity index (χ2v) is 4.84. The molecule has 0 radical (unpaired) electrons. The first-order valence-corrected chi connectivity index (χ1v) is 6.45. The van der Waals surface area contributed by atoms with E-state index in [2.05, 4.69) is 48.0 Å². The highest BCUT2D eigenvalue weighted by Gasteiger charge is 2.12. The molecule has 0 aromatic heterocycles. The van der Waals surface area contributed by atoms with Crippen molar-refractivity contribution in [3.8, 4) is 0 Å². The minimum atomic E-state index is 0.658. The number of hydrogen-bond donors (Lipinski definition) is 1. The van der Waals surface area contributed by atoms with Gasteiger partial charge >= 0.3 is 0 Å². The van der Waals surface area contributed by atoms with Crippen molar-refractivity contribution in [2.45, 2.75) is 39.0 Å². The van der Waals surface area contributed by atoms with Crippen molar-refractivity contribution in [2.75, 3.05) is 6.54 Å². The SMILES string of the molecule is CCC(CCCN)c1cccc(Br)c1C. The maximum atomic E-state index is 5.57. The number of rotatable bonds is 5. The number of nitrogens with two attached hydrogens (primary N) is 1. The first kappa shape index (κ1) is 12.7. The normalized spacial score (nSPS) is 12.8. The summed E-state index contributed by atoms with van der Waals surface area (Å²) < 4.78 is 1.21. The van der Waals surface area contributed by atoms with E-state index in [9.17, 15) is 0 Å². The van der Waals surface area contributed by atoms with Crippen LogP contribution in [0.4, 0.5) is 0 Å². The molecule has 0 saturated heterocycles. The van der Waals surface area contributed by atoms with Gasteiger partial charge < -0.3 is 5.73 Å². The van der Waals surface area contributed by atoms with Gasteiger partial charge in [-0.15, -0.1) is 0 Å². The van der Waals surface area contributed by atoms with Crippen molar-refractivity contribution < 1.29 is 0 Å². The van der Waals surface area contributed by atoms with Crippen LogP contribution in [0, 0.1) is 6.92 Å². The van der Waals surface area contributed by atoms with Crippen molar-refractivity contribution in [3.63, 3.8) is 0 Å². The number of benzene rings is 1. The third-order valence-electron chi connectivity index (χ3n) is 3.00. The molecule has 2 N–H and O–H groups in total. The average molecular weight is 270 g/mol. The monoisotopic (exact) mass is 269 g/mol. The fourth-order valence-corrected chi connectivity index (χ4v) is 2.39. The van der Waals surface area contributed by atoms with Crippen LogP contribution in [0.5, 0.6) is 0 Å². The summed E-state index contributed by atoms with van der Waals surface area (Å²) in [7, 11) is 0. The zero-order chi connectivity index (χ0) is 11.3. The van der Waals surface area contributed by atoms with Gasteiger partial charge in [-0.25, -0.2) is 0 Å². The molecule has 0 aliphatic heterocycles. The molecule has 15 heavy (non-hydrogen) atoms. The van der Waals surface area contributed by atoms with Gasteiger partial charge in [0.2, 0.25) is 0 Å². The third kappa shape index (κ3) is 3.32. The third-order valence-corrected chi connectivity index (χ3v) is 3.86. The Morgan fingerprint density at radius 3 is 2.73 bits per heavy atom. The van der Waals surface area contributed by atoms with Crippen LogP contribution in [0.3, 0.4) is 0 Å². The van der Waals surface area contributed by atoms with Crippen LogP contribution in [0.25, 0.3) is 0 Å². The Morgan fingerprint density at radius 2 is 2.13 bits per heavy atom. The number of hydrogen-bond acceptors (Lipinski definition) is 1. The molecule has 0 aliphatic rings. The van der Waals surface area contributed by atoms with Gasteiger partial charge in [0.15, 0.2) is 0 Å². The van der Waals surface area contributed by atoms with E-state index in [-0.39, 0.29) is 0 Å². The van der Waals surface area contributed by atoms with Gasteiger partial charge in [-0.3, -0.25) is 0 Å². The summed E-state index contributed by atoms with van der Waals surface area (Å²) in [5.74, 6) is 0.658. The van der Waals surface area contributed by atoms with Crippen molar-refractivity contribution in [1.29, 1.82) is 0 Å². The molecular formula is C13H20BrN. The van der Waals surface area contributed by atoms with Gasteiger partial charge in [0.1, 0.15) is 0 Å². The van der Waals surface area contributed by atoms with E-state index >= 15 is 0 Å². The highest BCUT2D eigenvalue weighted by atomic mass is 79.9. The van der Waals surface area contributed by atoms with E-state index in [1.165, 1.54) is 28.4 Å². The van der Waals surface area contributed by atoms with Crippen molar-refractivity contribution in [2.24, 2.45) is 5.73 Å². The average Bonchev–Trinajstić information content (AvgIpc) is 2.25. The van der Waals surface area contributed by atoms with Crippen LogP contribution in [0.1, 0.15) is 43.2 Å². The lowest BCUT2D eigenvalue weighted by atomic mass is 9.89. The predicted molar refractivity (Wildman–Crippen MR) is 70.2 cm³/mol. The van der Waals surface area contributed by atoms with Crippen LogP contribution in [-0.2, 0) is 0 Å². The minimum Gasteiger partial charge on any atom is -0.330 e. The standard InChI is InChI=1S/C13H20BrN/c1-3-11(6-5-9-15)12-7-4-8-13(14)10(12)2/h4,7-8,11H,3,5-6,9,15H2,1-2H3. The van der Waals surface area contributed by atoms with Gasteiger partial charge in [-0.1, -0.05) is 35.0 Å². The predicted octanol–water partition coefficient (Wildman–Crippen LogP) is 3.99. The fourth-order valence-electron chi connectivity index (χ4n) is 2.01. The van der Waals surface area contributed by atoms with Crippen LogP contribution >= 0.6 is 15.9 Å². The minimum absolute atomic E-state index is 0.658. The zero-order valence-corrected chi connectivity index (χ0v) is 11.2. The molecular weight excluding hydrogens is 250 g/mol. The summed E-state index contributed by atoms with van der Waals surface area (Å²) in [6, 6.07) is 6.47. The van der Waals surface area contributed by atoms with Gasteiger partial charge in [-0.2, -0.15) is 0 Å². The summed E-state index contributed by atoms with van der Waals surface area (Å²) in [4.78, 5) is 0. The lowest BCUT2D eigenvalue weighted by Gasteiger charge is -2.18. The molecule has 0 spiro atoms. The Hall–Kier alpha value is -0.340. The molecule has 0 amide bonds. The van der Waals surface area contributed by atoms with E-state index in [0.29, 0.717) is 5.92 Å². The molecule has 0 heterocycles. The van der Waals surface area contributed by atoms with E-state index in [1.807, 2.05) is 0 Å². The Labute approximate surface area is 101 Å². The first-order chi connectivity index (χ1) is 7.20. The molecule has 1 unspecified atom stereocenters. The highest BCUT2D eigenvalue weighted by molar-refractivity contribution is 9.10. The van der Waals surface area contributed by atoms with E-state index in [1.54, 1.807) is 0 Å². The molecule has 2 heteroatoms. The van der Waals surface area contributed by atoms with Crippen molar-refractivity contribution >= 4 is 15.9 Å². The molecule has 1 rings (SSSR count). The summed E-state index contributed by atoms with van der Waals surface area (Å²) in [5, 5.41) is 0. The lowest BCUT2D eigenvalue weighted by Crippen LogP contribution is -2.05. The molecule has 1 aromatic rings. The molecule has 0 bridgehead atoms. The van der Waals surface area contributed by atoms with Gasteiger partial charge in [0, 0.05) is 4.47 Å². The Morgan fingerprint density at radius 1 is 1.40 bits per heavy atom. The highest BCUT2D eigenvalue weighted by Crippen LogP contribution is 2.30. The largest absolute Gasteiger partial charge is 0.330 e. The molecule has 0 aliphatic carbocycles. The lowest BCUT2D eigenvalue weighted by molar-refractivity contribution is 0.578.